The summed E-state index contributed by atoms with van der Waals surface area (Å²) in [6, 6.07) is 11.0. The van der Waals surface area contributed by atoms with E-state index in [9.17, 15) is 4.79 Å². The van der Waals surface area contributed by atoms with Crippen LogP contribution < -0.4 is 5.32 Å². The molecule has 0 aliphatic heterocycles. The molecule has 5 nitrogen and oxygen atoms in total. The summed E-state index contributed by atoms with van der Waals surface area (Å²) in [5.41, 5.74) is 2.29. The molecular weight excluding hydrogens is 308 g/mol. The molecule has 6 heteroatoms. The Morgan fingerprint density at radius 1 is 1.26 bits per heavy atom. The molecule has 0 aliphatic rings. The minimum Gasteiger partial charge on any atom is -0.320 e. The fourth-order valence-electron chi connectivity index (χ4n) is 1.77. The standard InChI is InChI=1S/C13H9BrN4O/c14-8-3-1-4-9(7-8)16-13(19)12-11-10(17-18-12)5-2-6-15-11/h1-7H,(H,16,19)(H,17,18). The molecule has 0 fully saturated rings. The Balaban J connectivity index is 1.92. The van der Waals surface area contributed by atoms with Crippen molar-refractivity contribution in [3.8, 4) is 0 Å². The van der Waals surface area contributed by atoms with Gasteiger partial charge >= 0.3 is 0 Å². The van der Waals surface area contributed by atoms with Gasteiger partial charge in [0.1, 0.15) is 5.52 Å². The average molecular weight is 317 g/mol. The lowest BCUT2D eigenvalue weighted by atomic mass is 10.2. The first-order valence-electron chi connectivity index (χ1n) is 5.60. The van der Waals surface area contributed by atoms with E-state index in [0.29, 0.717) is 11.2 Å². The fourth-order valence-corrected chi connectivity index (χ4v) is 2.17. The number of halogens is 1. The van der Waals surface area contributed by atoms with Crippen LogP contribution in [0.3, 0.4) is 0 Å². The predicted octanol–water partition coefficient (Wildman–Crippen LogP) is 2.97. The molecule has 0 saturated heterocycles. The highest BCUT2D eigenvalue weighted by Crippen LogP contribution is 2.18. The lowest BCUT2D eigenvalue weighted by Gasteiger charge is -2.03. The number of carbonyl (C=O) groups is 1. The maximum atomic E-state index is 12.2. The lowest BCUT2D eigenvalue weighted by Crippen LogP contribution is -2.13. The van der Waals surface area contributed by atoms with Crippen molar-refractivity contribution < 1.29 is 4.79 Å². The third kappa shape index (κ3) is 2.34. The highest BCUT2D eigenvalue weighted by molar-refractivity contribution is 9.10. The van der Waals surface area contributed by atoms with Crippen molar-refractivity contribution in [2.24, 2.45) is 0 Å². The highest BCUT2D eigenvalue weighted by atomic mass is 79.9. The normalized spacial score (nSPS) is 10.6. The van der Waals surface area contributed by atoms with Gasteiger partial charge in [-0.15, -0.1) is 0 Å². The fraction of sp³-hybridized carbons (Fsp3) is 0. The maximum Gasteiger partial charge on any atom is 0.278 e. The number of nitrogens with zero attached hydrogens (tertiary/aromatic N) is 2. The molecular formula is C13H9BrN4O. The van der Waals surface area contributed by atoms with Crippen molar-refractivity contribution >= 4 is 38.6 Å². The third-order valence-electron chi connectivity index (χ3n) is 2.62. The van der Waals surface area contributed by atoms with Gasteiger partial charge in [0.15, 0.2) is 5.69 Å². The van der Waals surface area contributed by atoms with Crippen LogP contribution in [0.25, 0.3) is 11.0 Å². The summed E-state index contributed by atoms with van der Waals surface area (Å²) >= 11 is 3.36. The molecule has 19 heavy (non-hydrogen) atoms. The minimum atomic E-state index is -0.289. The number of rotatable bonds is 2. The second-order valence-electron chi connectivity index (χ2n) is 3.94. The van der Waals surface area contributed by atoms with E-state index in [-0.39, 0.29) is 11.6 Å². The number of aromatic nitrogens is 3. The number of amides is 1. The van der Waals surface area contributed by atoms with E-state index in [1.54, 1.807) is 12.3 Å². The van der Waals surface area contributed by atoms with Crippen LogP contribution in [-0.2, 0) is 0 Å². The van der Waals surface area contributed by atoms with Crippen LogP contribution in [0.2, 0.25) is 0 Å². The van der Waals surface area contributed by atoms with Gasteiger partial charge in [-0.1, -0.05) is 22.0 Å². The Kier molecular flexibility index (Phi) is 3.00. The third-order valence-corrected chi connectivity index (χ3v) is 3.11. The number of benzene rings is 1. The van der Waals surface area contributed by atoms with E-state index in [0.717, 1.165) is 9.99 Å². The summed E-state index contributed by atoms with van der Waals surface area (Å²) in [5.74, 6) is -0.289. The Morgan fingerprint density at radius 3 is 3.00 bits per heavy atom. The number of aromatic amines is 1. The molecule has 0 unspecified atom stereocenters. The number of hydrogen-bond donors (Lipinski definition) is 2. The van der Waals surface area contributed by atoms with E-state index < -0.39 is 0 Å². The number of fused-ring (bicyclic) bond motifs is 1. The zero-order chi connectivity index (χ0) is 13.2. The SMILES string of the molecule is O=C(Nc1cccc(Br)c1)c1n[nH]c2cccnc12. The summed E-state index contributed by atoms with van der Waals surface area (Å²) in [6.07, 6.45) is 1.63. The van der Waals surface area contributed by atoms with Gasteiger partial charge in [0.05, 0.1) is 5.52 Å². The van der Waals surface area contributed by atoms with E-state index in [4.69, 9.17) is 0 Å². The lowest BCUT2D eigenvalue weighted by molar-refractivity contribution is 0.102. The van der Waals surface area contributed by atoms with Crippen molar-refractivity contribution in [1.82, 2.24) is 15.2 Å². The van der Waals surface area contributed by atoms with Gasteiger partial charge < -0.3 is 5.32 Å². The number of anilines is 1. The molecule has 94 valence electrons. The Hall–Kier alpha value is -2.21. The van der Waals surface area contributed by atoms with Crippen LogP contribution in [0.5, 0.6) is 0 Å². The molecule has 0 spiro atoms. The van der Waals surface area contributed by atoms with Crippen LogP contribution in [-0.4, -0.2) is 21.1 Å². The Morgan fingerprint density at radius 2 is 2.16 bits per heavy atom. The van der Waals surface area contributed by atoms with Crippen molar-refractivity contribution in [3.05, 3.63) is 52.8 Å². The topological polar surface area (TPSA) is 70.7 Å². The first-order valence-corrected chi connectivity index (χ1v) is 6.39. The van der Waals surface area contributed by atoms with Crippen LogP contribution >= 0.6 is 15.9 Å². The Bertz CT molecular complexity index is 753. The molecule has 0 aliphatic carbocycles. The molecule has 0 saturated carbocycles. The van der Waals surface area contributed by atoms with Crippen LogP contribution in [0, 0.1) is 0 Å². The molecule has 3 rings (SSSR count). The number of pyridine rings is 1. The van der Waals surface area contributed by atoms with E-state index in [1.807, 2.05) is 30.3 Å². The quantitative estimate of drug-likeness (QED) is 0.763. The van der Waals surface area contributed by atoms with Gasteiger partial charge in [0.2, 0.25) is 0 Å². The van der Waals surface area contributed by atoms with E-state index in [2.05, 4.69) is 36.4 Å². The first kappa shape index (κ1) is 11.9. The molecule has 3 aromatic rings. The van der Waals surface area contributed by atoms with Gasteiger partial charge in [-0.3, -0.25) is 14.9 Å². The summed E-state index contributed by atoms with van der Waals surface area (Å²) in [4.78, 5) is 16.3. The molecule has 2 heterocycles. The van der Waals surface area contributed by atoms with E-state index in [1.165, 1.54) is 0 Å². The smallest absolute Gasteiger partial charge is 0.278 e. The molecule has 0 radical (unpaired) electrons. The van der Waals surface area contributed by atoms with Gasteiger partial charge in [-0.25, -0.2) is 0 Å². The summed E-state index contributed by atoms with van der Waals surface area (Å²) in [7, 11) is 0. The summed E-state index contributed by atoms with van der Waals surface area (Å²) in [5, 5.41) is 9.57. The molecule has 0 atom stereocenters. The van der Waals surface area contributed by atoms with Crippen LogP contribution in [0.15, 0.2) is 47.1 Å². The average Bonchev–Trinajstić information content (AvgIpc) is 2.82. The molecule has 1 amide bonds. The van der Waals surface area contributed by atoms with Crippen LogP contribution in [0.1, 0.15) is 10.5 Å². The number of H-pyrrole nitrogens is 1. The second kappa shape index (κ2) is 4.81. The number of hydrogen-bond acceptors (Lipinski definition) is 3. The summed E-state index contributed by atoms with van der Waals surface area (Å²) < 4.78 is 0.898. The van der Waals surface area contributed by atoms with Crippen molar-refractivity contribution in [2.45, 2.75) is 0 Å². The monoisotopic (exact) mass is 316 g/mol. The zero-order valence-corrected chi connectivity index (χ0v) is 11.3. The molecule has 2 N–H and O–H groups in total. The summed E-state index contributed by atoms with van der Waals surface area (Å²) in [6.45, 7) is 0. The predicted molar refractivity (Wildman–Crippen MR) is 76.0 cm³/mol. The second-order valence-corrected chi connectivity index (χ2v) is 4.85. The van der Waals surface area contributed by atoms with Crippen molar-refractivity contribution in [3.63, 3.8) is 0 Å². The van der Waals surface area contributed by atoms with Gasteiger partial charge in [-0.05, 0) is 30.3 Å². The van der Waals surface area contributed by atoms with Crippen LogP contribution in [0.4, 0.5) is 5.69 Å². The molecule has 1 aromatic carbocycles. The molecule has 0 bridgehead atoms. The number of nitrogens with one attached hydrogen (secondary N) is 2. The zero-order valence-electron chi connectivity index (χ0n) is 9.72. The first-order chi connectivity index (χ1) is 9.24. The van der Waals surface area contributed by atoms with Gasteiger partial charge in [-0.2, -0.15) is 5.10 Å². The van der Waals surface area contributed by atoms with E-state index >= 15 is 0 Å². The minimum absolute atomic E-state index is 0.288. The van der Waals surface area contributed by atoms with Crippen molar-refractivity contribution in [1.29, 1.82) is 0 Å². The number of carbonyl (C=O) groups excluding carboxylic acids is 1. The van der Waals surface area contributed by atoms with Gasteiger partial charge in [0.25, 0.3) is 5.91 Å². The molecule has 2 aromatic heterocycles. The maximum absolute atomic E-state index is 12.2. The Labute approximate surface area is 117 Å². The largest absolute Gasteiger partial charge is 0.320 e. The van der Waals surface area contributed by atoms with Crippen molar-refractivity contribution in [2.75, 3.05) is 5.32 Å². The van der Waals surface area contributed by atoms with Gasteiger partial charge in [0, 0.05) is 16.4 Å². The highest BCUT2D eigenvalue weighted by Gasteiger charge is 2.15.